The van der Waals surface area contributed by atoms with Crippen LogP contribution in [-0.2, 0) is 4.74 Å². The van der Waals surface area contributed by atoms with Gasteiger partial charge in [0.2, 0.25) is 0 Å². The summed E-state index contributed by atoms with van der Waals surface area (Å²) in [6.07, 6.45) is 1.68. The number of nitrogens with zero attached hydrogens (tertiary/aromatic N) is 2. The fourth-order valence-electron chi connectivity index (χ4n) is 2.59. The molecule has 0 saturated carbocycles. The lowest BCUT2D eigenvalue weighted by Crippen LogP contribution is -2.08. The van der Waals surface area contributed by atoms with Gasteiger partial charge in [0.05, 0.1) is 22.8 Å². The van der Waals surface area contributed by atoms with Crippen molar-refractivity contribution in [1.29, 1.82) is 0 Å². The first-order valence-electron chi connectivity index (χ1n) is 8.07. The highest BCUT2D eigenvalue weighted by atomic mass is 16.6. The number of nitro benzene ring substituents is 1. The highest BCUT2D eigenvalue weighted by molar-refractivity contribution is 5.97. The van der Waals surface area contributed by atoms with E-state index in [1.165, 1.54) is 12.1 Å². The first-order valence-corrected chi connectivity index (χ1v) is 8.07. The van der Waals surface area contributed by atoms with E-state index >= 15 is 0 Å². The van der Waals surface area contributed by atoms with Gasteiger partial charge in [-0.15, -0.1) is 0 Å². The zero-order valence-corrected chi connectivity index (χ0v) is 14.1. The Morgan fingerprint density at radius 1 is 1.04 bits per heavy atom. The van der Waals surface area contributed by atoms with Crippen molar-refractivity contribution in [2.75, 3.05) is 6.61 Å². The van der Waals surface area contributed by atoms with Crippen molar-refractivity contribution in [3.63, 3.8) is 0 Å². The van der Waals surface area contributed by atoms with Crippen molar-refractivity contribution in [3.8, 4) is 22.4 Å². The maximum absolute atomic E-state index is 12.4. The Labute approximate surface area is 150 Å². The summed E-state index contributed by atoms with van der Waals surface area (Å²) in [7, 11) is 0. The van der Waals surface area contributed by atoms with Gasteiger partial charge in [0.25, 0.3) is 5.69 Å². The molecule has 6 heteroatoms. The van der Waals surface area contributed by atoms with Crippen LogP contribution < -0.4 is 0 Å². The predicted octanol–water partition coefficient (Wildman–Crippen LogP) is 4.50. The molecular formula is C20H16N2O4. The molecule has 0 aliphatic carbocycles. The Morgan fingerprint density at radius 3 is 2.35 bits per heavy atom. The number of hydrogen-bond acceptors (Lipinski definition) is 5. The first-order chi connectivity index (χ1) is 12.6. The van der Waals surface area contributed by atoms with Crippen LogP contribution >= 0.6 is 0 Å². The molecule has 0 aliphatic rings. The number of aromatic nitrogens is 1. The van der Waals surface area contributed by atoms with Crippen molar-refractivity contribution >= 4 is 11.7 Å². The molecule has 1 heterocycles. The third kappa shape index (κ3) is 3.59. The Kier molecular flexibility index (Phi) is 5.03. The second kappa shape index (κ2) is 7.57. The molecule has 3 rings (SSSR count). The van der Waals surface area contributed by atoms with E-state index in [1.807, 2.05) is 30.3 Å². The fourth-order valence-corrected chi connectivity index (χ4v) is 2.59. The van der Waals surface area contributed by atoms with Crippen LogP contribution in [0.4, 0.5) is 5.69 Å². The molecule has 0 bridgehead atoms. The van der Waals surface area contributed by atoms with Crippen LogP contribution in [0.5, 0.6) is 0 Å². The highest BCUT2D eigenvalue weighted by Crippen LogP contribution is 2.28. The van der Waals surface area contributed by atoms with Gasteiger partial charge in [0, 0.05) is 29.5 Å². The maximum Gasteiger partial charge on any atom is 0.340 e. The minimum absolute atomic E-state index is 0.0210. The van der Waals surface area contributed by atoms with Crippen molar-refractivity contribution < 1.29 is 14.5 Å². The van der Waals surface area contributed by atoms with Crippen LogP contribution in [0.1, 0.15) is 17.3 Å². The molecule has 0 unspecified atom stereocenters. The summed E-state index contributed by atoms with van der Waals surface area (Å²) in [6, 6.07) is 17.2. The van der Waals surface area contributed by atoms with Crippen LogP contribution in [0.15, 0.2) is 66.9 Å². The predicted molar refractivity (Wildman–Crippen MR) is 97.7 cm³/mol. The normalized spacial score (nSPS) is 10.3. The number of non-ortho nitro benzene ring substituents is 1. The molecule has 0 N–H and O–H groups in total. The Morgan fingerprint density at radius 2 is 1.73 bits per heavy atom. The number of carbonyl (C=O) groups is 1. The van der Waals surface area contributed by atoms with Gasteiger partial charge in [-0.25, -0.2) is 4.79 Å². The Bertz CT molecular complexity index is 938. The number of ether oxygens (including phenoxy) is 1. The van der Waals surface area contributed by atoms with E-state index in [2.05, 4.69) is 4.98 Å². The largest absolute Gasteiger partial charge is 0.462 e. The van der Waals surface area contributed by atoms with E-state index in [0.717, 1.165) is 11.1 Å². The van der Waals surface area contributed by atoms with Gasteiger partial charge in [-0.2, -0.15) is 0 Å². The molecule has 2 aromatic carbocycles. The van der Waals surface area contributed by atoms with E-state index in [-0.39, 0.29) is 12.3 Å². The van der Waals surface area contributed by atoms with Crippen molar-refractivity contribution in [2.24, 2.45) is 0 Å². The topological polar surface area (TPSA) is 82.3 Å². The summed E-state index contributed by atoms with van der Waals surface area (Å²) < 4.78 is 5.16. The van der Waals surface area contributed by atoms with Crippen molar-refractivity contribution in [2.45, 2.75) is 6.92 Å². The minimum atomic E-state index is -0.480. The van der Waals surface area contributed by atoms with Crippen LogP contribution in [0.3, 0.4) is 0 Å². The van der Waals surface area contributed by atoms with Crippen LogP contribution in [-0.4, -0.2) is 22.5 Å². The van der Waals surface area contributed by atoms with Gasteiger partial charge in [-0.3, -0.25) is 15.1 Å². The molecule has 0 radical (unpaired) electrons. The smallest absolute Gasteiger partial charge is 0.340 e. The Hall–Kier alpha value is -3.54. The van der Waals surface area contributed by atoms with Crippen molar-refractivity contribution in [3.05, 3.63) is 82.5 Å². The zero-order valence-electron chi connectivity index (χ0n) is 14.1. The average molecular weight is 348 g/mol. The van der Waals surface area contributed by atoms with Gasteiger partial charge in [-0.05, 0) is 30.7 Å². The molecule has 0 aliphatic heterocycles. The summed E-state index contributed by atoms with van der Waals surface area (Å²) in [5.41, 5.74) is 3.06. The highest BCUT2D eigenvalue weighted by Gasteiger charge is 2.18. The van der Waals surface area contributed by atoms with Crippen LogP contribution in [0, 0.1) is 10.1 Å². The number of carbonyl (C=O) groups excluding carboxylic acids is 1. The van der Waals surface area contributed by atoms with E-state index < -0.39 is 10.9 Å². The number of benzene rings is 2. The second-order valence-corrected chi connectivity index (χ2v) is 5.51. The second-order valence-electron chi connectivity index (χ2n) is 5.51. The number of rotatable bonds is 5. The maximum atomic E-state index is 12.4. The van der Waals surface area contributed by atoms with Gasteiger partial charge >= 0.3 is 5.97 Å². The molecule has 0 atom stereocenters. The first kappa shape index (κ1) is 17.3. The molecule has 0 amide bonds. The summed E-state index contributed by atoms with van der Waals surface area (Å²) in [5, 5.41) is 10.8. The molecule has 0 spiro atoms. The molecule has 130 valence electrons. The quantitative estimate of drug-likeness (QED) is 0.385. The van der Waals surface area contributed by atoms with Crippen LogP contribution in [0.2, 0.25) is 0 Å². The SMILES string of the molecule is CCOC(=O)c1cc(-c2ccccc2)cnc1-c1ccc([N+](=O)[O-])cc1. The van der Waals surface area contributed by atoms with Gasteiger partial charge in [0.1, 0.15) is 0 Å². The fraction of sp³-hybridized carbons (Fsp3) is 0.100. The molecule has 3 aromatic rings. The summed E-state index contributed by atoms with van der Waals surface area (Å²) >= 11 is 0. The van der Waals surface area contributed by atoms with E-state index in [0.29, 0.717) is 16.8 Å². The standard InChI is InChI=1S/C20H16N2O4/c1-2-26-20(23)18-12-16(14-6-4-3-5-7-14)13-21-19(18)15-8-10-17(11-9-15)22(24)25/h3-13H,2H2,1H3. The summed E-state index contributed by atoms with van der Waals surface area (Å²) in [5.74, 6) is -0.480. The lowest BCUT2D eigenvalue weighted by molar-refractivity contribution is -0.384. The molecule has 0 fully saturated rings. The number of esters is 1. The lowest BCUT2D eigenvalue weighted by atomic mass is 10.0. The van der Waals surface area contributed by atoms with E-state index in [1.54, 1.807) is 31.3 Å². The number of hydrogen-bond donors (Lipinski definition) is 0. The minimum Gasteiger partial charge on any atom is -0.462 e. The third-order valence-corrected chi connectivity index (χ3v) is 3.84. The van der Waals surface area contributed by atoms with E-state index in [9.17, 15) is 14.9 Å². The lowest BCUT2D eigenvalue weighted by Gasteiger charge is -2.11. The molecule has 26 heavy (non-hydrogen) atoms. The summed E-state index contributed by atoms with van der Waals surface area (Å²) in [4.78, 5) is 27.2. The molecule has 6 nitrogen and oxygen atoms in total. The van der Waals surface area contributed by atoms with E-state index in [4.69, 9.17) is 4.74 Å². The Balaban J connectivity index is 2.09. The molecule has 0 saturated heterocycles. The third-order valence-electron chi connectivity index (χ3n) is 3.84. The molecule has 1 aromatic heterocycles. The average Bonchev–Trinajstić information content (AvgIpc) is 2.68. The van der Waals surface area contributed by atoms with Crippen molar-refractivity contribution in [1.82, 2.24) is 4.98 Å². The number of pyridine rings is 1. The zero-order chi connectivity index (χ0) is 18.5. The van der Waals surface area contributed by atoms with Gasteiger partial charge in [0.15, 0.2) is 0 Å². The van der Waals surface area contributed by atoms with Crippen LogP contribution in [0.25, 0.3) is 22.4 Å². The monoisotopic (exact) mass is 348 g/mol. The molecular weight excluding hydrogens is 332 g/mol. The summed E-state index contributed by atoms with van der Waals surface area (Å²) in [6.45, 7) is 1.98. The van der Waals surface area contributed by atoms with Gasteiger partial charge in [-0.1, -0.05) is 30.3 Å². The van der Waals surface area contributed by atoms with Gasteiger partial charge < -0.3 is 4.74 Å². The number of nitro groups is 1.